The van der Waals surface area contributed by atoms with Crippen molar-refractivity contribution >= 4 is 5.97 Å². The molecule has 0 aliphatic carbocycles. The van der Waals surface area contributed by atoms with E-state index in [2.05, 4.69) is 0 Å². The van der Waals surface area contributed by atoms with Crippen molar-refractivity contribution in [3.8, 4) is 0 Å². The minimum atomic E-state index is -1.13. The number of benzene rings is 1. The number of imidazole rings is 1. The Labute approximate surface area is 102 Å². The summed E-state index contributed by atoms with van der Waals surface area (Å²) in [6.45, 7) is 0.00657. The average Bonchev–Trinajstić information content (AvgIpc) is 2.63. The molecule has 1 heterocycles. The van der Waals surface area contributed by atoms with E-state index in [1.807, 2.05) is 0 Å². The molecule has 2 aromatic rings. The Morgan fingerprint density at radius 3 is 2.67 bits per heavy atom. The SMILES string of the molecule is Cn1ccn(Cc2cc(C(=O)O)ccc2F)c1=O. The van der Waals surface area contributed by atoms with E-state index >= 15 is 0 Å². The number of aryl methyl sites for hydroxylation is 1. The van der Waals surface area contributed by atoms with Crippen molar-refractivity contribution in [2.75, 3.05) is 0 Å². The summed E-state index contributed by atoms with van der Waals surface area (Å²) < 4.78 is 16.2. The van der Waals surface area contributed by atoms with Gasteiger partial charge in [0.2, 0.25) is 0 Å². The zero-order valence-electron chi connectivity index (χ0n) is 9.63. The Bertz CT molecular complexity index is 658. The lowest BCUT2D eigenvalue weighted by Crippen LogP contribution is -2.22. The Morgan fingerprint density at radius 2 is 2.11 bits per heavy atom. The summed E-state index contributed by atoms with van der Waals surface area (Å²) in [4.78, 5) is 22.4. The standard InChI is InChI=1S/C12H11FN2O3/c1-14-4-5-15(12(14)18)7-9-6-8(11(16)17)2-3-10(9)13/h2-6H,7H2,1H3,(H,16,17). The summed E-state index contributed by atoms with van der Waals surface area (Å²) in [7, 11) is 1.59. The number of carboxylic acids is 1. The highest BCUT2D eigenvalue weighted by Crippen LogP contribution is 2.11. The number of aromatic carboxylic acids is 1. The quantitative estimate of drug-likeness (QED) is 0.886. The van der Waals surface area contributed by atoms with Crippen LogP contribution in [-0.4, -0.2) is 20.2 Å². The van der Waals surface area contributed by atoms with Crippen LogP contribution in [0, 0.1) is 5.82 Å². The maximum absolute atomic E-state index is 13.5. The first-order valence-electron chi connectivity index (χ1n) is 5.22. The van der Waals surface area contributed by atoms with Crippen LogP contribution in [0.3, 0.4) is 0 Å². The average molecular weight is 250 g/mol. The van der Waals surface area contributed by atoms with Crippen LogP contribution >= 0.6 is 0 Å². The third kappa shape index (κ3) is 2.17. The van der Waals surface area contributed by atoms with Crippen LogP contribution in [0.1, 0.15) is 15.9 Å². The molecule has 0 spiro atoms. The molecule has 94 valence electrons. The van der Waals surface area contributed by atoms with Crippen molar-refractivity contribution in [1.29, 1.82) is 0 Å². The van der Waals surface area contributed by atoms with E-state index in [0.29, 0.717) is 0 Å². The number of hydrogen-bond donors (Lipinski definition) is 1. The summed E-state index contributed by atoms with van der Waals surface area (Å²) in [5.41, 5.74) is -0.117. The maximum atomic E-state index is 13.5. The summed E-state index contributed by atoms with van der Waals surface area (Å²) >= 11 is 0. The second-order valence-electron chi connectivity index (χ2n) is 3.93. The van der Waals surface area contributed by atoms with Crippen LogP contribution in [0.4, 0.5) is 4.39 Å². The largest absolute Gasteiger partial charge is 0.478 e. The van der Waals surface area contributed by atoms with Gasteiger partial charge in [-0.3, -0.25) is 4.57 Å². The number of nitrogens with zero attached hydrogens (tertiary/aromatic N) is 2. The molecule has 1 N–H and O–H groups in total. The fraction of sp³-hybridized carbons (Fsp3) is 0.167. The summed E-state index contributed by atoms with van der Waals surface area (Å²) in [6.07, 6.45) is 3.08. The summed E-state index contributed by atoms with van der Waals surface area (Å²) in [5, 5.41) is 8.83. The third-order valence-electron chi connectivity index (χ3n) is 2.65. The van der Waals surface area contributed by atoms with Gasteiger partial charge in [0, 0.05) is 25.0 Å². The molecule has 0 unspecified atom stereocenters. The maximum Gasteiger partial charge on any atom is 0.335 e. The molecule has 0 bridgehead atoms. The zero-order valence-corrected chi connectivity index (χ0v) is 9.63. The molecule has 2 rings (SSSR count). The predicted molar refractivity (Wildman–Crippen MR) is 62.1 cm³/mol. The molecule has 0 amide bonds. The second kappa shape index (κ2) is 4.48. The summed E-state index contributed by atoms with van der Waals surface area (Å²) in [5.74, 6) is -1.66. The van der Waals surface area contributed by atoms with E-state index in [1.54, 1.807) is 13.2 Å². The van der Waals surface area contributed by atoms with Gasteiger partial charge in [0.1, 0.15) is 5.82 Å². The number of aromatic nitrogens is 2. The number of halogens is 1. The van der Waals surface area contributed by atoms with E-state index in [-0.39, 0.29) is 23.4 Å². The lowest BCUT2D eigenvalue weighted by molar-refractivity contribution is 0.0696. The fourth-order valence-electron chi connectivity index (χ4n) is 1.64. The zero-order chi connectivity index (χ0) is 13.3. The Morgan fingerprint density at radius 1 is 1.39 bits per heavy atom. The van der Waals surface area contributed by atoms with Crippen molar-refractivity contribution in [3.63, 3.8) is 0 Å². The van der Waals surface area contributed by atoms with Crippen molar-refractivity contribution in [1.82, 2.24) is 9.13 Å². The fourth-order valence-corrected chi connectivity index (χ4v) is 1.64. The number of rotatable bonds is 3. The van der Waals surface area contributed by atoms with Gasteiger partial charge < -0.3 is 9.67 Å². The van der Waals surface area contributed by atoms with E-state index < -0.39 is 11.8 Å². The van der Waals surface area contributed by atoms with Gasteiger partial charge in [-0.15, -0.1) is 0 Å². The van der Waals surface area contributed by atoms with Crippen molar-refractivity contribution in [2.45, 2.75) is 6.54 Å². The molecule has 1 aromatic heterocycles. The van der Waals surface area contributed by atoms with E-state index in [1.165, 1.54) is 27.5 Å². The van der Waals surface area contributed by atoms with Gasteiger partial charge >= 0.3 is 11.7 Å². The van der Waals surface area contributed by atoms with E-state index in [9.17, 15) is 14.0 Å². The highest BCUT2D eigenvalue weighted by Gasteiger charge is 2.10. The molecule has 0 aliphatic rings. The predicted octanol–water partition coefficient (Wildman–Crippen LogP) is 1.07. The Kier molecular flexibility index (Phi) is 3.01. The molecule has 0 atom stereocenters. The first-order valence-corrected chi connectivity index (χ1v) is 5.22. The molecule has 0 aliphatic heterocycles. The number of hydrogen-bond acceptors (Lipinski definition) is 2. The molecule has 6 heteroatoms. The molecule has 0 radical (unpaired) electrons. The third-order valence-corrected chi connectivity index (χ3v) is 2.65. The van der Waals surface area contributed by atoms with Gasteiger partial charge in [0.15, 0.2) is 0 Å². The first-order chi connectivity index (χ1) is 8.49. The monoisotopic (exact) mass is 250 g/mol. The van der Waals surface area contributed by atoms with Gasteiger partial charge in [0.05, 0.1) is 12.1 Å². The van der Waals surface area contributed by atoms with Gasteiger partial charge in [0.25, 0.3) is 0 Å². The van der Waals surface area contributed by atoms with Gasteiger partial charge in [-0.25, -0.2) is 14.0 Å². The molecule has 0 fully saturated rings. The van der Waals surface area contributed by atoms with E-state index in [0.717, 1.165) is 6.07 Å². The minimum Gasteiger partial charge on any atom is -0.478 e. The molecule has 18 heavy (non-hydrogen) atoms. The molecular formula is C12H11FN2O3. The van der Waals surface area contributed by atoms with Crippen molar-refractivity contribution < 1.29 is 14.3 Å². The Hall–Kier alpha value is -2.37. The highest BCUT2D eigenvalue weighted by molar-refractivity contribution is 5.87. The van der Waals surface area contributed by atoms with Crippen LogP contribution in [0.5, 0.6) is 0 Å². The van der Waals surface area contributed by atoms with Crippen LogP contribution in [0.25, 0.3) is 0 Å². The van der Waals surface area contributed by atoms with Gasteiger partial charge in [-0.2, -0.15) is 0 Å². The molecule has 1 aromatic carbocycles. The number of carboxylic acid groups (broad SMARTS) is 1. The highest BCUT2D eigenvalue weighted by atomic mass is 19.1. The molecule has 5 nitrogen and oxygen atoms in total. The van der Waals surface area contributed by atoms with Crippen molar-refractivity contribution in [3.05, 3.63) is 58.0 Å². The minimum absolute atomic E-state index is 0.00428. The van der Waals surface area contributed by atoms with E-state index in [4.69, 9.17) is 5.11 Å². The number of carbonyl (C=O) groups is 1. The second-order valence-corrected chi connectivity index (χ2v) is 3.93. The molecule has 0 saturated heterocycles. The van der Waals surface area contributed by atoms with Crippen LogP contribution in [0.2, 0.25) is 0 Å². The smallest absolute Gasteiger partial charge is 0.335 e. The van der Waals surface area contributed by atoms with Gasteiger partial charge in [-0.1, -0.05) is 0 Å². The van der Waals surface area contributed by atoms with Gasteiger partial charge in [-0.05, 0) is 18.2 Å². The van der Waals surface area contributed by atoms with Crippen molar-refractivity contribution in [2.24, 2.45) is 7.05 Å². The molecule has 0 saturated carbocycles. The lowest BCUT2D eigenvalue weighted by atomic mass is 10.1. The van der Waals surface area contributed by atoms with Crippen LogP contribution < -0.4 is 5.69 Å². The van der Waals surface area contributed by atoms with Crippen LogP contribution in [0.15, 0.2) is 35.4 Å². The topological polar surface area (TPSA) is 64.2 Å². The molecular weight excluding hydrogens is 239 g/mol. The van der Waals surface area contributed by atoms with Crippen LogP contribution in [-0.2, 0) is 13.6 Å². The first kappa shape index (κ1) is 12.1. The lowest BCUT2D eigenvalue weighted by Gasteiger charge is -2.05. The Balaban J connectivity index is 2.39. The summed E-state index contributed by atoms with van der Waals surface area (Å²) in [6, 6.07) is 3.51. The normalized spacial score (nSPS) is 10.6.